The lowest BCUT2D eigenvalue weighted by molar-refractivity contribution is -0.137. The first-order valence-corrected chi connectivity index (χ1v) is 11.0. The number of likely N-dealkylation sites (tertiary alicyclic amines) is 1. The van der Waals surface area contributed by atoms with E-state index in [4.69, 9.17) is 14.3 Å². The summed E-state index contributed by atoms with van der Waals surface area (Å²) >= 11 is 0. The van der Waals surface area contributed by atoms with E-state index >= 15 is 0 Å². The molecule has 0 bridgehead atoms. The van der Waals surface area contributed by atoms with Crippen molar-refractivity contribution >= 4 is 5.97 Å². The zero-order chi connectivity index (χ0) is 21.5. The molecule has 1 aliphatic heterocycles. The molecule has 1 fully saturated rings. The minimum Gasteiger partial charge on any atom is -0.492 e. The highest BCUT2D eigenvalue weighted by atomic mass is 16.5. The van der Waals surface area contributed by atoms with Gasteiger partial charge in [0.2, 0.25) is 0 Å². The Balaban J connectivity index is 1.26. The number of carboxylic acid groups (broad SMARTS) is 1. The van der Waals surface area contributed by atoms with E-state index in [0.29, 0.717) is 19.1 Å². The van der Waals surface area contributed by atoms with Crippen molar-refractivity contribution in [1.82, 2.24) is 4.90 Å². The molecule has 0 aliphatic carbocycles. The van der Waals surface area contributed by atoms with E-state index in [9.17, 15) is 4.79 Å². The second kappa shape index (κ2) is 10.3. The summed E-state index contributed by atoms with van der Waals surface area (Å²) in [5.41, 5.74) is 3.59. The Morgan fingerprint density at radius 2 is 1.81 bits per heavy atom. The first kappa shape index (κ1) is 21.2. The van der Waals surface area contributed by atoms with Gasteiger partial charge in [-0.25, -0.2) is 0 Å². The number of rotatable bonds is 10. The Hall–Kier alpha value is -3.05. The number of hydrogen-bond donors (Lipinski definition) is 1. The molecule has 1 atom stereocenters. The highest BCUT2D eigenvalue weighted by molar-refractivity contribution is 5.66. The third-order valence-electron chi connectivity index (χ3n) is 5.87. The maximum Gasteiger partial charge on any atom is 0.303 e. The molecule has 0 amide bonds. The smallest absolute Gasteiger partial charge is 0.303 e. The number of carbonyl (C=O) groups is 1. The van der Waals surface area contributed by atoms with Crippen LogP contribution < -0.4 is 4.74 Å². The second-order valence-corrected chi connectivity index (χ2v) is 8.14. The number of hydrogen-bond acceptors (Lipinski definition) is 4. The molecule has 31 heavy (non-hydrogen) atoms. The van der Waals surface area contributed by atoms with E-state index < -0.39 is 5.97 Å². The van der Waals surface area contributed by atoms with Crippen molar-refractivity contribution in [3.8, 4) is 17.1 Å². The number of ether oxygens (including phenoxy) is 1. The standard InChI is InChI=1S/C26H29NO4/c28-26(29)6-2-16-27-15-1-4-23(27)19-31-24-13-9-21(10-14-24)18-20-7-11-22(12-8-20)25-5-3-17-30-25/h3,5,7-14,17,23H,1-2,4,6,15-16,18-19H2,(H,28,29)/t23-/m1/s1. The van der Waals surface area contributed by atoms with Gasteiger partial charge in [-0.05, 0) is 74.2 Å². The molecule has 0 unspecified atom stereocenters. The summed E-state index contributed by atoms with van der Waals surface area (Å²) in [7, 11) is 0. The van der Waals surface area contributed by atoms with Gasteiger partial charge in [-0.15, -0.1) is 0 Å². The predicted molar refractivity (Wildman–Crippen MR) is 120 cm³/mol. The Morgan fingerprint density at radius 3 is 2.48 bits per heavy atom. The van der Waals surface area contributed by atoms with Crippen molar-refractivity contribution < 1.29 is 19.1 Å². The third kappa shape index (κ3) is 5.98. The van der Waals surface area contributed by atoms with Crippen LogP contribution in [-0.4, -0.2) is 41.7 Å². The molecule has 2 heterocycles. The minimum absolute atomic E-state index is 0.233. The van der Waals surface area contributed by atoms with Gasteiger partial charge in [-0.3, -0.25) is 9.69 Å². The molecular weight excluding hydrogens is 390 g/mol. The summed E-state index contributed by atoms with van der Waals surface area (Å²) in [6.45, 7) is 2.52. The highest BCUT2D eigenvalue weighted by Gasteiger charge is 2.24. The number of furan rings is 1. The zero-order valence-electron chi connectivity index (χ0n) is 17.7. The summed E-state index contributed by atoms with van der Waals surface area (Å²) in [4.78, 5) is 13.1. The zero-order valence-corrected chi connectivity index (χ0v) is 17.7. The molecule has 1 N–H and O–H groups in total. The highest BCUT2D eigenvalue weighted by Crippen LogP contribution is 2.23. The lowest BCUT2D eigenvalue weighted by Gasteiger charge is -2.24. The molecule has 0 saturated carbocycles. The second-order valence-electron chi connectivity index (χ2n) is 8.14. The average Bonchev–Trinajstić information content (AvgIpc) is 3.46. The molecule has 5 nitrogen and oxygen atoms in total. The molecule has 0 spiro atoms. The third-order valence-corrected chi connectivity index (χ3v) is 5.87. The predicted octanol–water partition coefficient (Wildman–Crippen LogP) is 5.25. The Labute approximate surface area is 183 Å². The van der Waals surface area contributed by atoms with Crippen LogP contribution >= 0.6 is 0 Å². The van der Waals surface area contributed by atoms with E-state index in [-0.39, 0.29) is 6.42 Å². The molecule has 2 aromatic carbocycles. The fourth-order valence-electron chi connectivity index (χ4n) is 4.17. The fraction of sp³-hybridized carbons (Fsp3) is 0.346. The number of carboxylic acids is 1. The molecular formula is C26H29NO4. The van der Waals surface area contributed by atoms with Gasteiger partial charge in [0.15, 0.2) is 0 Å². The quantitative estimate of drug-likeness (QED) is 0.487. The molecule has 1 aromatic heterocycles. The first-order chi connectivity index (χ1) is 15.2. The van der Waals surface area contributed by atoms with Crippen LogP contribution in [0.25, 0.3) is 11.3 Å². The Morgan fingerprint density at radius 1 is 1.06 bits per heavy atom. The normalized spacial score (nSPS) is 16.5. The van der Waals surface area contributed by atoms with Gasteiger partial charge in [0.05, 0.1) is 6.26 Å². The molecule has 1 aliphatic rings. The van der Waals surface area contributed by atoms with Crippen molar-refractivity contribution in [3.63, 3.8) is 0 Å². The van der Waals surface area contributed by atoms with Crippen molar-refractivity contribution in [2.75, 3.05) is 19.7 Å². The summed E-state index contributed by atoms with van der Waals surface area (Å²) < 4.78 is 11.5. The van der Waals surface area contributed by atoms with Gasteiger partial charge in [0.25, 0.3) is 0 Å². The molecule has 1 saturated heterocycles. The van der Waals surface area contributed by atoms with E-state index in [1.165, 1.54) is 11.1 Å². The van der Waals surface area contributed by atoms with Crippen molar-refractivity contribution in [2.24, 2.45) is 0 Å². The van der Waals surface area contributed by atoms with E-state index in [1.54, 1.807) is 6.26 Å². The van der Waals surface area contributed by atoms with Gasteiger partial charge in [-0.1, -0.05) is 36.4 Å². The van der Waals surface area contributed by atoms with E-state index in [2.05, 4.69) is 41.3 Å². The Bertz CT molecular complexity index is 948. The van der Waals surface area contributed by atoms with Gasteiger partial charge < -0.3 is 14.3 Å². The maximum atomic E-state index is 10.7. The van der Waals surface area contributed by atoms with Gasteiger partial charge in [0.1, 0.15) is 18.1 Å². The summed E-state index contributed by atoms with van der Waals surface area (Å²) in [6.07, 6.45) is 5.76. The van der Waals surface area contributed by atoms with Crippen LogP contribution in [0.1, 0.15) is 36.8 Å². The van der Waals surface area contributed by atoms with Crippen LogP contribution in [0, 0.1) is 0 Å². The molecule has 5 heteroatoms. The lowest BCUT2D eigenvalue weighted by atomic mass is 10.0. The molecule has 4 rings (SSSR count). The monoisotopic (exact) mass is 419 g/mol. The maximum absolute atomic E-state index is 10.7. The van der Waals surface area contributed by atoms with E-state index in [0.717, 1.165) is 49.4 Å². The number of aliphatic carboxylic acids is 1. The van der Waals surface area contributed by atoms with Crippen LogP contribution in [0.2, 0.25) is 0 Å². The van der Waals surface area contributed by atoms with Crippen LogP contribution in [-0.2, 0) is 11.2 Å². The van der Waals surface area contributed by atoms with Gasteiger partial charge >= 0.3 is 5.97 Å². The van der Waals surface area contributed by atoms with Crippen LogP contribution in [0.5, 0.6) is 5.75 Å². The van der Waals surface area contributed by atoms with Crippen LogP contribution in [0.4, 0.5) is 0 Å². The Kier molecular flexibility index (Phi) is 7.05. The largest absolute Gasteiger partial charge is 0.492 e. The van der Waals surface area contributed by atoms with Gasteiger partial charge in [-0.2, -0.15) is 0 Å². The summed E-state index contributed by atoms with van der Waals surface area (Å²) in [6, 6.07) is 21.0. The van der Waals surface area contributed by atoms with Crippen molar-refractivity contribution in [2.45, 2.75) is 38.1 Å². The molecule has 3 aromatic rings. The van der Waals surface area contributed by atoms with Crippen LogP contribution in [0.3, 0.4) is 0 Å². The summed E-state index contributed by atoms with van der Waals surface area (Å²) in [5.74, 6) is 1.05. The average molecular weight is 420 g/mol. The number of benzene rings is 2. The first-order valence-electron chi connectivity index (χ1n) is 11.0. The minimum atomic E-state index is -0.722. The topological polar surface area (TPSA) is 62.9 Å². The van der Waals surface area contributed by atoms with E-state index in [1.807, 2.05) is 24.3 Å². The molecule has 162 valence electrons. The van der Waals surface area contributed by atoms with Crippen molar-refractivity contribution in [1.29, 1.82) is 0 Å². The lowest BCUT2D eigenvalue weighted by Crippen LogP contribution is -2.35. The fourth-order valence-corrected chi connectivity index (χ4v) is 4.17. The van der Waals surface area contributed by atoms with Crippen LogP contribution in [0.15, 0.2) is 71.3 Å². The van der Waals surface area contributed by atoms with Crippen molar-refractivity contribution in [3.05, 3.63) is 78.1 Å². The number of nitrogens with zero attached hydrogens (tertiary/aromatic N) is 1. The SMILES string of the molecule is O=C(O)CCCN1CCC[C@@H]1COc1ccc(Cc2ccc(-c3ccco3)cc2)cc1. The molecule has 0 radical (unpaired) electrons. The van der Waals surface area contributed by atoms with Gasteiger partial charge in [0, 0.05) is 18.0 Å². The summed E-state index contributed by atoms with van der Waals surface area (Å²) in [5, 5.41) is 8.83.